The highest BCUT2D eigenvalue weighted by atomic mass is 35.5. The Kier molecular flexibility index (Phi) is 8.92. The van der Waals surface area contributed by atoms with Crippen molar-refractivity contribution >= 4 is 47.4 Å². The van der Waals surface area contributed by atoms with Crippen LogP contribution in [-0.2, 0) is 4.79 Å². The number of amides is 2. The summed E-state index contributed by atoms with van der Waals surface area (Å²) in [5.41, 5.74) is 5.83. The monoisotopic (exact) mass is 381 g/mol. The quantitative estimate of drug-likeness (QED) is 0.794. The van der Waals surface area contributed by atoms with E-state index in [1.165, 1.54) is 12.1 Å². The molecule has 0 aliphatic carbocycles. The van der Waals surface area contributed by atoms with Gasteiger partial charge in [0.05, 0.1) is 16.6 Å². The fourth-order valence-corrected chi connectivity index (χ4v) is 2.12. The molecule has 1 rings (SSSR count). The number of carbonyl (C=O) groups excluding carboxylic acids is 2. The zero-order valence-electron chi connectivity index (χ0n) is 13.4. The molecule has 130 valence electrons. The number of likely N-dealkylation sites (N-methyl/N-ethyl adjacent to an activating group) is 1. The van der Waals surface area contributed by atoms with Crippen molar-refractivity contribution in [2.24, 2.45) is 11.1 Å². The maximum atomic E-state index is 12.0. The lowest BCUT2D eigenvalue weighted by atomic mass is 9.93. The lowest BCUT2D eigenvalue weighted by molar-refractivity contribution is -0.130. The van der Waals surface area contributed by atoms with E-state index < -0.39 is 0 Å². The second kappa shape index (κ2) is 9.33. The highest BCUT2D eigenvalue weighted by Gasteiger charge is 2.21. The van der Waals surface area contributed by atoms with Crippen LogP contribution in [0.25, 0.3) is 0 Å². The van der Waals surface area contributed by atoms with Crippen LogP contribution in [0, 0.1) is 5.41 Å². The second-order valence-electron chi connectivity index (χ2n) is 5.93. The molecule has 0 unspecified atom stereocenters. The Morgan fingerprint density at radius 1 is 1.26 bits per heavy atom. The Morgan fingerprint density at radius 3 is 2.39 bits per heavy atom. The third-order valence-corrected chi connectivity index (χ3v) is 3.96. The van der Waals surface area contributed by atoms with Crippen LogP contribution < -0.4 is 11.1 Å². The van der Waals surface area contributed by atoms with E-state index in [1.54, 1.807) is 18.0 Å². The highest BCUT2D eigenvalue weighted by molar-refractivity contribution is 6.42. The molecular weight excluding hydrogens is 361 g/mol. The lowest BCUT2D eigenvalue weighted by Gasteiger charge is -2.29. The number of nitrogens with zero attached hydrogens (tertiary/aromatic N) is 1. The molecule has 3 N–H and O–H groups in total. The third-order valence-electron chi connectivity index (χ3n) is 3.23. The normalized spacial score (nSPS) is 10.7. The van der Waals surface area contributed by atoms with Crippen LogP contribution in [0.4, 0.5) is 0 Å². The molecule has 0 fully saturated rings. The van der Waals surface area contributed by atoms with Crippen LogP contribution in [0.1, 0.15) is 24.2 Å². The van der Waals surface area contributed by atoms with Crippen LogP contribution in [0.2, 0.25) is 10.0 Å². The SMILES string of the molecule is CN(CC(C)(C)CN)C(=O)CNC(=O)c1ccc(Cl)c(Cl)c1.Cl. The van der Waals surface area contributed by atoms with Crippen molar-refractivity contribution in [3.05, 3.63) is 33.8 Å². The Labute approximate surface area is 152 Å². The zero-order chi connectivity index (χ0) is 16.9. The van der Waals surface area contributed by atoms with E-state index in [4.69, 9.17) is 28.9 Å². The molecule has 2 amide bonds. The first-order valence-corrected chi connectivity index (χ1v) is 7.59. The number of halogens is 3. The molecule has 0 atom stereocenters. The molecule has 5 nitrogen and oxygen atoms in total. The van der Waals surface area contributed by atoms with Gasteiger partial charge in [0.1, 0.15) is 0 Å². The van der Waals surface area contributed by atoms with Gasteiger partial charge in [-0.1, -0.05) is 37.0 Å². The minimum atomic E-state index is -0.376. The number of carbonyl (C=O) groups is 2. The first kappa shape index (κ1) is 22.0. The van der Waals surface area contributed by atoms with E-state index in [-0.39, 0.29) is 36.2 Å². The van der Waals surface area contributed by atoms with Crippen LogP contribution in [0.3, 0.4) is 0 Å². The first-order chi connectivity index (χ1) is 10.2. The van der Waals surface area contributed by atoms with Crippen LogP contribution in [0.15, 0.2) is 18.2 Å². The van der Waals surface area contributed by atoms with E-state index in [1.807, 2.05) is 13.8 Å². The van der Waals surface area contributed by atoms with E-state index in [0.717, 1.165) is 0 Å². The Morgan fingerprint density at radius 2 is 1.87 bits per heavy atom. The second-order valence-corrected chi connectivity index (χ2v) is 6.74. The van der Waals surface area contributed by atoms with Crippen molar-refractivity contribution in [2.45, 2.75) is 13.8 Å². The van der Waals surface area contributed by atoms with Gasteiger partial charge >= 0.3 is 0 Å². The zero-order valence-corrected chi connectivity index (χ0v) is 15.7. The summed E-state index contributed by atoms with van der Waals surface area (Å²) in [6, 6.07) is 4.55. The van der Waals surface area contributed by atoms with Gasteiger partial charge in [-0.2, -0.15) is 0 Å². The van der Waals surface area contributed by atoms with Gasteiger partial charge in [0.2, 0.25) is 5.91 Å². The molecule has 23 heavy (non-hydrogen) atoms. The molecule has 0 radical (unpaired) electrons. The van der Waals surface area contributed by atoms with Crippen molar-refractivity contribution in [3.63, 3.8) is 0 Å². The summed E-state index contributed by atoms with van der Waals surface area (Å²) < 4.78 is 0. The van der Waals surface area contributed by atoms with Gasteiger partial charge < -0.3 is 16.0 Å². The molecule has 0 aliphatic rings. The molecule has 1 aromatic carbocycles. The van der Waals surface area contributed by atoms with Crippen molar-refractivity contribution in [2.75, 3.05) is 26.7 Å². The molecule has 0 aromatic heterocycles. The molecule has 1 aromatic rings. The van der Waals surface area contributed by atoms with Crippen molar-refractivity contribution < 1.29 is 9.59 Å². The molecule has 0 heterocycles. The fraction of sp³-hybridized carbons (Fsp3) is 0.467. The minimum absolute atomic E-state index is 0. The largest absolute Gasteiger partial charge is 0.344 e. The topological polar surface area (TPSA) is 75.4 Å². The van der Waals surface area contributed by atoms with E-state index >= 15 is 0 Å². The van der Waals surface area contributed by atoms with E-state index in [0.29, 0.717) is 28.7 Å². The summed E-state index contributed by atoms with van der Waals surface area (Å²) in [6.07, 6.45) is 0. The summed E-state index contributed by atoms with van der Waals surface area (Å²) in [6.45, 7) is 4.86. The predicted molar refractivity (Wildman–Crippen MR) is 96.5 cm³/mol. The van der Waals surface area contributed by atoms with Crippen molar-refractivity contribution in [1.82, 2.24) is 10.2 Å². The lowest BCUT2D eigenvalue weighted by Crippen LogP contribution is -2.44. The molecule has 0 saturated heterocycles. The van der Waals surface area contributed by atoms with Crippen LogP contribution in [-0.4, -0.2) is 43.4 Å². The number of benzene rings is 1. The Bertz CT molecular complexity index is 565. The predicted octanol–water partition coefficient (Wildman–Crippen LogP) is 2.59. The summed E-state index contributed by atoms with van der Waals surface area (Å²) in [5, 5.41) is 3.23. The van der Waals surface area contributed by atoms with Gasteiger partial charge in [0, 0.05) is 19.2 Å². The smallest absolute Gasteiger partial charge is 0.251 e. The summed E-state index contributed by atoms with van der Waals surface area (Å²) in [7, 11) is 1.69. The molecule has 0 bridgehead atoms. The third kappa shape index (κ3) is 6.96. The number of nitrogens with two attached hydrogens (primary N) is 1. The summed E-state index contributed by atoms with van der Waals surface area (Å²) in [4.78, 5) is 25.5. The number of hydrogen-bond acceptors (Lipinski definition) is 3. The average Bonchev–Trinajstić information content (AvgIpc) is 2.46. The molecule has 8 heteroatoms. The fourth-order valence-electron chi connectivity index (χ4n) is 1.83. The van der Waals surface area contributed by atoms with Gasteiger partial charge in [-0.25, -0.2) is 0 Å². The average molecular weight is 383 g/mol. The van der Waals surface area contributed by atoms with Gasteiger partial charge in [-0.05, 0) is 30.2 Å². The number of hydrogen-bond donors (Lipinski definition) is 2. The Hall–Kier alpha value is -1.01. The number of rotatable bonds is 6. The minimum Gasteiger partial charge on any atom is -0.344 e. The maximum absolute atomic E-state index is 12.0. The molecular formula is C15H22Cl3N3O2. The first-order valence-electron chi connectivity index (χ1n) is 6.83. The van der Waals surface area contributed by atoms with Gasteiger partial charge in [0.25, 0.3) is 5.91 Å². The van der Waals surface area contributed by atoms with E-state index in [2.05, 4.69) is 5.32 Å². The molecule has 0 aliphatic heterocycles. The number of nitrogens with one attached hydrogen (secondary N) is 1. The van der Waals surface area contributed by atoms with Crippen LogP contribution >= 0.6 is 35.6 Å². The van der Waals surface area contributed by atoms with Crippen molar-refractivity contribution in [3.8, 4) is 0 Å². The van der Waals surface area contributed by atoms with Gasteiger partial charge in [0.15, 0.2) is 0 Å². The standard InChI is InChI=1S/C15H21Cl2N3O2.ClH/c1-15(2,8-18)9-20(3)13(21)7-19-14(22)10-4-5-11(16)12(17)6-10;/h4-6H,7-9,18H2,1-3H3,(H,19,22);1H. The molecule has 0 spiro atoms. The maximum Gasteiger partial charge on any atom is 0.251 e. The molecule has 0 saturated carbocycles. The van der Waals surface area contributed by atoms with Crippen molar-refractivity contribution in [1.29, 1.82) is 0 Å². The van der Waals surface area contributed by atoms with Crippen LogP contribution in [0.5, 0.6) is 0 Å². The summed E-state index contributed by atoms with van der Waals surface area (Å²) >= 11 is 11.7. The Balaban J connectivity index is 0.00000484. The highest BCUT2D eigenvalue weighted by Crippen LogP contribution is 2.22. The van der Waals surface area contributed by atoms with E-state index in [9.17, 15) is 9.59 Å². The summed E-state index contributed by atoms with van der Waals surface area (Å²) in [5.74, 6) is -0.562. The van der Waals surface area contributed by atoms with Gasteiger partial charge in [-0.3, -0.25) is 9.59 Å². The van der Waals surface area contributed by atoms with Gasteiger partial charge in [-0.15, -0.1) is 12.4 Å².